The second kappa shape index (κ2) is 3.46. The average molecular weight is 207 g/mol. The molecule has 3 nitrogen and oxygen atoms in total. The van der Waals surface area contributed by atoms with Crippen LogP contribution in [0.2, 0.25) is 0 Å². The minimum atomic E-state index is -0.646. The van der Waals surface area contributed by atoms with E-state index in [4.69, 9.17) is 0 Å². The van der Waals surface area contributed by atoms with Gasteiger partial charge in [-0.25, -0.2) is 4.39 Å². The molecule has 0 N–H and O–H groups in total. The summed E-state index contributed by atoms with van der Waals surface area (Å²) in [7, 11) is 0. The van der Waals surface area contributed by atoms with Gasteiger partial charge in [-0.3, -0.25) is 9.59 Å². The number of carbonyl (C=O) groups excluding carboxylic acids is 2. The number of hydrogen-bond donors (Lipinski definition) is 0. The van der Waals surface area contributed by atoms with E-state index in [9.17, 15) is 14.0 Å². The summed E-state index contributed by atoms with van der Waals surface area (Å²) in [6.07, 6.45) is 0. The molecule has 0 atom stereocenters. The van der Waals surface area contributed by atoms with E-state index in [-0.39, 0.29) is 6.54 Å². The minimum Gasteiger partial charge on any atom is -0.302 e. The number of aryl methyl sites for hydroxylation is 1. The van der Waals surface area contributed by atoms with Crippen molar-refractivity contribution in [3.05, 3.63) is 29.3 Å². The summed E-state index contributed by atoms with van der Waals surface area (Å²) in [5.74, 6) is -1.17. The summed E-state index contributed by atoms with van der Waals surface area (Å²) in [4.78, 5) is 24.2. The van der Waals surface area contributed by atoms with E-state index in [1.54, 1.807) is 25.1 Å². The van der Waals surface area contributed by atoms with Gasteiger partial charge in [0.1, 0.15) is 6.67 Å². The molecular formula is C11H10FNO2. The Hall–Kier alpha value is -1.71. The molecule has 0 aliphatic carbocycles. The van der Waals surface area contributed by atoms with Crippen LogP contribution >= 0.6 is 0 Å². The van der Waals surface area contributed by atoms with Gasteiger partial charge >= 0.3 is 0 Å². The van der Waals surface area contributed by atoms with E-state index >= 15 is 0 Å². The third-order valence-electron chi connectivity index (χ3n) is 2.50. The van der Waals surface area contributed by atoms with Gasteiger partial charge in [0.05, 0.1) is 17.8 Å². The van der Waals surface area contributed by atoms with Crippen LogP contribution in [0.5, 0.6) is 0 Å². The van der Waals surface area contributed by atoms with E-state index in [1.807, 2.05) is 0 Å². The lowest BCUT2D eigenvalue weighted by atomic mass is 10.1. The topological polar surface area (TPSA) is 37.4 Å². The van der Waals surface area contributed by atoms with Crippen molar-refractivity contribution in [3.63, 3.8) is 0 Å². The number of nitrogens with zero attached hydrogens (tertiary/aromatic N) is 1. The van der Waals surface area contributed by atoms with Crippen molar-refractivity contribution in [1.82, 2.24) is 0 Å². The van der Waals surface area contributed by atoms with Crippen LogP contribution in [0, 0.1) is 6.92 Å². The van der Waals surface area contributed by atoms with Crippen LogP contribution < -0.4 is 4.90 Å². The number of carbonyl (C=O) groups is 2. The van der Waals surface area contributed by atoms with Gasteiger partial charge in [-0.15, -0.1) is 0 Å². The van der Waals surface area contributed by atoms with Crippen molar-refractivity contribution in [3.8, 4) is 0 Å². The number of fused-ring (bicyclic) bond motifs is 1. The summed E-state index contributed by atoms with van der Waals surface area (Å²) in [6, 6.07) is 5.12. The molecule has 0 radical (unpaired) electrons. The van der Waals surface area contributed by atoms with Crippen molar-refractivity contribution in [2.75, 3.05) is 18.1 Å². The number of anilines is 1. The first kappa shape index (κ1) is 9.83. The molecule has 1 aromatic carbocycles. The average Bonchev–Trinajstić information content (AvgIpc) is 2.46. The zero-order chi connectivity index (χ0) is 11.0. The van der Waals surface area contributed by atoms with Gasteiger partial charge in [0.25, 0.3) is 11.7 Å². The van der Waals surface area contributed by atoms with Crippen molar-refractivity contribution in [2.24, 2.45) is 0 Å². The third-order valence-corrected chi connectivity index (χ3v) is 2.50. The van der Waals surface area contributed by atoms with Crippen LogP contribution in [-0.4, -0.2) is 24.9 Å². The maximum atomic E-state index is 12.3. The number of hydrogen-bond acceptors (Lipinski definition) is 2. The molecule has 78 valence electrons. The molecule has 0 unspecified atom stereocenters. The van der Waals surface area contributed by atoms with Crippen LogP contribution in [0.3, 0.4) is 0 Å². The van der Waals surface area contributed by atoms with Crippen molar-refractivity contribution < 1.29 is 14.0 Å². The summed E-state index contributed by atoms with van der Waals surface area (Å²) in [6.45, 7) is 1.10. The molecule has 2 rings (SSSR count). The predicted octanol–water partition coefficient (Wildman–Crippen LogP) is 1.49. The van der Waals surface area contributed by atoms with Crippen LogP contribution in [0.25, 0.3) is 0 Å². The standard InChI is InChI=1S/C11H10FNO2/c1-7-3-2-4-8-9(7)13(6-5-12)11(15)10(8)14/h2-4H,5-6H2,1H3. The zero-order valence-corrected chi connectivity index (χ0v) is 8.29. The Bertz CT molecular complexity index is 442. The highest BCUT2D eigenvalue weighted by molar-refractivity contribution is 6.52. The Labute approximate surface area is 86.5 Å². The zero-order valence-electron chi connectivity index (χ0n) is 8.29. The van der Waals surface area contributed by atoms with Crippen LogP contribution in [0.15, 0.2) is 18.2 Å². The fraction of sp³-hybridized carbons (Fsp3) is 0.273. The first-order valence-electron chi connectivity index (χ1n) is 4.68. The number of halogens is 1. The molecule has 15 heavy (non-hydrogen) atoms. The molecule has 4 heteroatoms. The Morgan fingerprint density at radius 2 is 2.07 bits per heavy atom. The lowest BCUT2D eigenvalue weighted by Crippen LogP contribution is -2.31. The van der Waals surface area contributed by atoms with Crippen molar-refractivity contribution >= 4 is 17.4 Å². The summed E-state index contributed by atoms with van der Waals surface area (Å²) < 4.78 is 12.3. The molecular weight excluding hydrogens is 197 g/mol. The van der Waals surface area contributed by atoms with E-state index in [1.165, 1.54) is 4.90 Å². The van der Waals surface area contributed by atoms with Gasteiger partial charge in [-0.1, -0.05) is 12.1 Å². The molecule has 1 heterocycles. The molecule has 1 aliphatic rings. The smallest absolute Gasteiger partial charge is 0.299 e. The number of ketones is 1. The van der Waals surface area contributed by atoms with E-state index in [0.717, 1.165) is 5.56 Å². The van der Waals surface area contributed by atoms with Crippen molar-refractivity contribution in [1.29, 1.82) is 0 Å². The first-order chi connectivity index (χ1) is 7.16. The van der Waals surface area contributed by atoms with E-state index in [0.29, 0.717) is 11.3 Å². The van der Waals surface area contributed by atoms with E-state index < -0.39 is 18.4 Å². The van der Waals surface area contributed by atoms with Gasteiger partial charge in [0, 0.05) is 0 Å². The second-order valence-corrected chi connectivity index (χ2v) is 3.45. The number of rotatable bonds is 2. The SMILES string of the molecule is Cc1cccc2c1N(CCF)C(=O)C2=O. The van der Waals surface area contributed by atoms with Gasteiger partial charge in [-0.05, 0) is 18.6 Å². The third kappa shape index (κ3) is 1.33. The molecule has 0 fully saturated rings. The predicted molar refractivity (Wildman–Crippen MR) is 53.8 cm³/mol. The van der Waals surface area contributed by atoms with Gasteiger partial charge in [0.15, 0.2) is 0 Å². The highest BCUT2D eigenvalue weighted by atomic mass is 19.1. The summed E-state index contributed by atoms with van der Waals surface area (Å²) in [5, 5.41) is 0. The van der Waals surface area contributed by atoms with Crippen LogP contribution in [0.1, 0.15) is 15.9 Å². The maximum Gasteiger partial charge on any atom is 0.299 e. The Balaban J connectivity index is 2.56. The van der Waals surface area contributed by atoms with Crippen LogP contribution in [0.4, 0.5) is 10.1 Å². The minimum absolute atomic E-state index is 0.0531. The second-order valence-electron chi connectivity index (χ2n) is 3.45. The lowest BCUT2D eigenvalue weighted by Gasteiger charge is -2.16. The molecule has 1 aromatic rings. The Morgan fingerprint density at radius 3 is 2.73 bits per heavy atom. The summed E-state index contributed by atoms with van der Waals surface area (Å²) >= 11 is 0. The number of para-hydroxylation sites is 1. The molecule has 0 spiro atoms. The number of Topliss-reactive ketones (excluding diaryl/α,β-unsaturated/α-hetero) is 1. The Morgan fingerprint density at radius 1 is 1.33 bits per heavy atom. The molecule has 0 aromatic heterocycles. The molecule has 1 aliphatic heterocycles. The maximum absolute atomic E-state index is 12.3. The lowest BCUT2D eigenvalue weighted by molar-refractivity contribution is -0.114. The van der Waals surface area contributed by atoms with E-state index in [2.05, 4.69) is 0 Å². The highest BCUT2D eigenvalue weighted by Gasteiger charge is 2.36. The van der Waals surface area contributed by atoms with Gasteiger partial charge in [0.2, 0.25) is 0 Å². The molecule has 0 saturated carbocycles. The first-order valence-corrected chi connectivity index (χ1v) is 4.68. The van der Waals surface area contributed by atoms with Crippen LogP contribution in [-0.2, 0) is 4.79 Å². The molecule has 0 bridgehead atoms. The Kier molecular flexibility index (Phi) is 2.26. The number of benzene rings is 1. The molecule has 1 amide bonds. The van der Waals surface area contributed by atoms with Crippen molar-refractivity contribution in [2.45, 2.75) is 6.92 Å². The summed E-state index contributed by atoms with van der Waals surface area (Å²) in [5.41, 5.74) is 1.76. The molecule has 0 saturated heterocycles. The highest BCUT2D eigenvalue weighted by Crippen LogP contribution is 2.31. The largest absolute Gasteiger partial charge is 0.302 e. The fourth-order valence-corrected chi connectivity index (χ4v) is 1.84. The number of amides is 1. The van der Waals surface area contributed by atoms with Gasteiger partial charge < -0.3 is 4.90 Å². The number of alkyl halides is 1. The quantitative estimate of drug-likeness (QED) is 0.689. The monoisotopic (exact) mass is 207 g/mol. The fourth-order valence-electron chi connectivity index (χ4n) is 1.84. The van der Waals surface area contributed by atoms with Gasteiger partial charge in [-0.2, -0.15) is 0 Å². The normalized spacial score (nSPS) is 14.7.